The third kappa shape index (κ3) is 4.79. The molecule has 0 radical (unpaired) electrons. The van der Waals surface area contributed by atoms with E-state index in [1.54, 1.807) is 0 Å². The number of alkyl halides is 6. The van der Waals surface area contributed by atoms with Crippen molar-refractivity contribution in [1.82, 2.24) is 0 Å². The third-order valence-corrected chi connectivity index (χ3v) is 3.33. The standard InChI is InChI=1S/C12H16F6O2/c1-3-10(4-2,12(16,17)18)9(20)7-8(19)5-6-11(13,14)15/h3-7H2,1-2H3. The van der Waals surface area contributed by atoms with E-state index in [1.807, 2.05) is 0 Å². The van der Waals surface area contributed by atoms with Gasteiger partial charge in [0.05, 0.1) is 12.8 Å². The fourth-order valence-corrected chi connectivity index (χ4v) is 1.92. The molecule has 0 atom stereocenters. The van der Waals surface area contributed by atoms with Gasteiger partial charge in [0.2, 0.25) is 0 Å². The van der Waals surface area contributed by atoms with Crippen LogP contribution >= 0.6 is 0 Å². The highest BCUT2D eigenvalue weighted by atomic mass is 19.4. The van der Waals surface area contributed by atoms with Crippen LogP contribution < -0.4 is 0 Å². The van der Waals surface area contributed by atoms with Gasteiger partial charge >= 0.3 is 12.4 Å². The summed E-state index contributed by atoms with van der Waals surface area (Å²) < 4.78 is 74.5. The summed E-state index contributed by atoms with van der Waals surface area (Å²) in [6.45, 7) is 2.32. The molecule has 20 heavy (non-hydrogen) atoms. The maximum absolute atomic E-state index is 12.9. The average molecular weight is 306 g/mol. The SMILES string of the molecule is CCC(CC)(C(=O)CC(=O)CCC(F)(F)F)C(F)(F)F. The van der Waals surface area contributed by atoms with Crippen LogP contribution in [0.1, 0.15) is 46.0 Å². The smallest absolute Gasteiger partial charge is 0.299 e. The van der Waals surface area contributed by atoms with Crippen molar-refractivity contribution >= 4 is 11.6 Å². The first kappa shape index (κ1) is 18.9. The molecule has 0 spiro atoms. The minimum absolute atomic E-state index is 0.543. The molecule has 0 N–H and O–H groups in total. The molecule has 2 nitrogen and oxygen atoms in total. The number of ketones is 2. The molecule has 0 saturated heterocycles. The topological polar surface area (TPSA) is 34.1 Å². The van der Waals surface area contributed by atoms with Crippen LogP contribution in [0, 0.1) is 5.41 Å². The maximum Gasteiger partial charge on any atom is 0.401 e. The van der Waals surface area contributed by atoms with Gasteiger partial charge in [-0.3, -0.25) is 9.59 Å². The Hall–Kier alpha value is -1.08. The average Bonchev–Trinajstić information content (AvgIpc) is 2.26. The van der Waals surface area contributed by atoms with E-state index in [9.17, 15) is 35.9 Å². The summed E-state index contributed by atoms with van der Waals surface area (Å²) in [6.07, 6.45) is -14.0. The number of halogens is 6. The van der Waals surface area contributed by atoms with Gasteiger partial charge in [-0.05, 0) is 12.8 Å². The fourth-order valence-electron chi connectivity index (χ4n) is 1.92. The number of carbonyl (C=O) groups is 2. The lowest BCUT2D eigenvalue weighted by Gasteiger charge is -2.32. The Morgan fingerprint density at radius 1 is 0.900 bits per heavy atom. The van der Waals surface area contributed by atoms with E-state index in [1.165, 1.54) is 0 Å². The zero-order valence-corrected chi connectivity index (χ0v) is 11.1. The highest BCUT2D eigenvalue weighted by Crippen LogP contribution is 2.45. The van der Waals surface area contributed by atoms with Crippen molar-refractivity contribution in [3.05, 3.63) is 0 Å². The molecule has 0 rings (SSSR count). The molecule has 0 aromatic rings. The molecule has 0 unspecified atom stereocenters. The molecule has 0 aromatic carbocycles. The van der Waals surface area contributed by atoms with Crippen LogP contribution in [0.5, 0.6) is 0 Å². The second-order valence-electron chi connectivity index (χ2n) is 4.54. The molecule has 8 heteroatoms. The fraction of sp³-hybridized carbons (Fsp3) is 0.833. The van der Waals surface area contributed by atoms with Crippen LogP contribution in [-0.2, 0) is 9.59 Å². The highest BCUT2D eigenvalue weighted by Gasteiger charge is 2.57. The summed E-state index contributed by atoms with van der Waals surface area (Å²) in [5.74, 6) is -2.48. The quantitative estimate of drug-likeness (QED) is 0.521. The number of Topliss-reactive ketones (excluding diaryl/α,β-unsaturated/α-hetero) is 2. The molecule has 0 fully saturated rings. The number of hydrogen-bond acceptors (Lipinski definition) is 2. The zero-order chi connectivity index (χ0) is 16.2. The summed E-state index contributed by atoms with van der Waals surface area (Å²) in [5.41, 5.74) is -2.65. The van der Waals surface area contributed by atoms with Crippen LogP contribution in [0.25, 0.3) is 0 Å². The molecule has 0 amide bonds. The van der Waals surface area contributed by atoms with Crippen molar-refractivity contribution in [3.63, 3.8) is 0 Å². The van der Waals surface area contributed by atoms with Crippen molar-refractivity contribution in [2.45, 2.75) is 58.3 Å². The minimum Gasteiger partial charge on any atom is -0.299 e. The molecule has 0 saturated carbocycles. The lowest BCUT2D eigenvalue weighted by molar-refractivity contribution is -0.222. The summed E-state index contributed by atoms with van der Waals surface area (Å²) in [6, 6.07) is 0. The van der Waals surface area contributed by atoms with Crippen molar-refractivity contribution in [2.24, 2.45) is 5.41 Å². The molecule has 118 valence electrons. The summed E-state index contributed by atoms with van der Waals surface area (Å²) in [7, 11) is 0. The first-order valence-electron chi connectivity index (χ1n) is 6.08. The van der Waals surface area contributed by atoms with Gasteiger partial charge in [0.1, 0.15) is 11.2 Å². The van der Waals surface area contributed by atoms with Crippen molar-refractivity contribution in [2.75, 3.05) is 0 Å². The number of rotatable bonds is 7. The molecule has 0 aliphatic carbocycles. The van der Waals surface area contributed by atoms with Gasteiger partial charge in [-0.2, -0.15) is 26.3 Å². The van der Waals surface area contributed by atoms with Gasteiger partial charge in [0.25, 0.3) is 0 Å². The Morgan fingerprint density at radius 3 is 1.65 bits per heavy atom. The molecule has 0 aliphatic rings. The summed E-state index contributed by atoms with van der Waals surface area (Å²) >= 11 is 0. The van der Waals surface area contributed by atoms with Gasteiger partial charge in [0.15, 0.2) is 5.78 Å². The predicted molar refractivity (Wildman–Crippen MR) is 59.0 cm³/mol. The Kier molecular flexibility index (Phi) is 6.23. The second kappa shape index (κ2) is 6.58. The first-order valence-corrected chi connectivity index (χ1v) is 6.08. The zero-order valence-electron chi connectivity index (χ0n) is 11.1. The summed E-state index contributed by atoms with van der Waals surface area (Å²) in [4.78, 5) is 22.9. The van der Waals surface area contributed by atoms with Crippen LogP contribution in [-0.4, -0.2) is 23.9 Å². The molecule has 0 heterocycles. The van der Waals surface area contributed by atoms with E-state index in [2.05, 4.69) is 0 Å². The molecular formula is C12H16F6O2. The molecule has 0 bridgehead atoms. The number of hydrogen-bond donors (Lipinski definition) is 0. The van der Waals surface area contributed by atoms with E-state index in [0.29, 0.717) is 0 Å². The van der Waals surface area contributed by atoms with Crippen LogP contribution in [0.3, 0.4) is 0 Å². The van der Waals surface area contributed by atoms with Crippen LogP contribution in [0.4, 0.5) is 26.3 Å². The largest absolute Gasteiger partial charge is 0.401 e. The second-order valence-corrected chi connectivity index (χ2v) is 4.54. The van der Waals surface area contributed by atoms with E-state index in [-0.39, 0.29) is 0 Å². The molecule has 0 aromatic heterocycles. The Bertz CT molecular complexity index is 352. The van der Waals surface area contributed by atoms with Crippen molar-refractivity contribution in [1.29, 1.82) is 0 Å². The van der Waals surface area contributed by atoms with Crippen molar-refractivity contribution < 1.29 is 35.9 Å². The van der Waals surface area contributed by atoms with Gasteiger partial charge in [-0.1, -0.05) is 13.8 Å². The number of carbonyl (C=O) groups excluding carboxylic acids is 2. The van der Waals surface area contributed by atoms with E-state index < -0.39 is 61.4 Å². The molecule has 0 aliphatic heterocycles. The van der Waals surface area contributed by atoms with Gasteiger partial charge in [-0.15, -0.1) is 0 Å². The van der Waals surface area contributed by atoms with Crippen molar-refractivity contribution in [3.8, 4) is 0 Å². The van der Waals surface area contributed by atoms with Gasteiger partial charge < -0.3 is 0 Å². The van der Waals surface area contributed by atoms with Gasteiger partial charge in [-0.25, -0.2) is 0 Å². The maximum atomic E-state index is 12.9. The third-order valence-electron chi connectivity index (χ3n) is 3.33. The minimum atomic E-state index is -4.82. The highest BCUT2D eigenvalue weighted by molar-refractivity contribution is 6.02. The first-order chi connectivity index (χ1) is 8.89. The lowest BCUT2D eigenvalue weighted by Crippen LogP contribution is -2.44. The van der Waals surface area contributed by atoms with Crippen LogP contribution in [0.2, 0.25) is 0 Å². The van der Waals surface area contributed by atoms with E-state index in [4.69, 9.17) is 0 Å². The normalized spacial score (nSPS) is 13.4. The monoisotopic (exact) mass is 306 g/mol. The Labute approximate surface area is 112 Å². The van der Waals surface area contributed by atoms with E-state index in [0.717, 1.165) is 13.8 Å². The molecular weight excluding hydrogens is 290 g/mol. The van der Waals surface area contributed by atoms with E-state index >= 15 is 0 Å². The Balaban J connectivity index is 4.84. The van der Waals surface area contributed by atoms with Gasteiger partial charge in [0, 0.05) is 6.42 Å². The Morgan fingerprint density at radius 2 is 1.35 bits per heavy atom. The summed E-state index contributed by atoms with van der Waals surface area (Å²) in [5, 5.41) is 0. The predicted octanol–water partition coefficient (Wildman–Crippen LogP) is 4.23. The van der Waals surface area contributed by atoms with Crippen LogP contribution in [0.15, 0.2) is 0 Å². The lowest BCUT2D eigenvalue weighted by atomic mass is 9.75.